The van der Waals surface area contributed by atoms with E-state index in [1.807, 2.05) is 12.1 Å². The molecule has 2 nitrogen and oxygen atoms in total. The topological polar surface area (TPSA) is 15.3 Å². The van der Waals surface area contributed by atoms with Gasteiger partial charge in [0.05, 0.1) is 0 Å². The van der Waals surface area contributed by atoms with Gasteiger partial charge in [-0.2, -0.15) is 0 Å². The largest absolute Gasteiger partial charge is 0.308 e. The standard InChI is InChI=1S/C18H31FN2/c1-8-18(5,6)21(7)13-15-11-14(9-10-16(15)19)12-20-17(2,3)4/h9-11,20H,8,12-13H2,1-7H3. The molecule has 1 N–H and O–H groups in total. The fraction of sp³-hybridized carbons (Fsp3) is 0.667. The average Bonchev–Trinajstić information content (AvgIpc) is 2.38. The van der Waals surface area contributed by atoms with Gasteiger partial charge in [0.25, 0.3) is 0 Å². The summed E-state index contributed by atoms with van der Waals surface area (Å²) in [5.41, 5.74) is 2.04. The van der Waals surface area contributed by atoms with Crippen molar-refractivity contribution >= 4 is 0 Å². The molecule has 0 aliphatic heterocycles. The normalized spacial score (nSPS) is 13.0. The lowest BCUT2D eigenvalue weighted by Crippen LogP contribution is -2.40. The van der Waals surface area contributed by atoms with E-state index >= 15 is 0 Å². The predicted octanol–water partition coefficient (Wildman–Crippen LogP) is 4.33. The summed E-state index contributed by atoms with van der Waals surface area (Å²) in [7, 11) is 2.06. The number of nitrogens with zero attached hydrogens (tertiary/aromatic N) is 1. The molecule has 1 aromatic rings. The van der Waals surface area contributed by atoms with Crippen molar-refractivity contribution in [3.05, 3.63) is 35.1 Å². The highest BCUT2D eigenvalue weighted by molar-refractivity contribution is 5.25. The van der Waals surface area contributed by atoms with Crippen LogP contribution in [0.4, 0.5) is 4.39 Å². The quantitative estimate of drug-likeness (QED) is 0.840. The fourth-order valence-electron chi connectivity index (χ4n) is 1.97. The van der Waals surface area contributed by atoms with Gasteiger partial charge in [0.1, 0.15) is 5.82 Å². The number of hydrogen-bond donors (Lipinski definition) is 1. The van der Waals surface area contributed by atoms with Crippen molar-refractivity contribution in [3.63, 3.8) is 0 Å². The van der Waals surface area contributed by atoms with Crippen molar-refractivity contribution in [1.29, 1.82) is 0 Å². The molecule has 0 aliphatic rings. The van der Waals surface area contributed by atoms with Crippen LogP contribution in [-0.2, 0) is 13.1 Å². The maximum atomic E-state index is 14.0. The number of benzene rings is 1. The second kappa shape index (κ2) is 6.89. The summed E-state index contributed by atoms with van der Waals surface area (Å²) < 4.78 is 14.0. The second-order valence-electron chi connectivity index (χ2n) is 7.55. The molecule has 1 aromatic carbocycles. The summed E-state index contributed by atoms with van der Waals surface area (Å²) in [6.45, 7) is 14.3. The Hall–Kier alpha value is -0.930. The molecular weight excluding hydrogens is 263 g/mol. The average molecular weight is 294 g/mol. The smallest absolute Gasteiger partial charge is 0.127 e. The molecule has 0 radical (unpaired) electrons. The van der Waals surface area contributed by atoms with E-state index < -0.39 is 0 Å². The third kappa shape index (κ3) is 5.76. The summed E-state index contributed by atoms with van der Waals surface area (Å²) in [6.07, 6.45) is 1.04. The monoisotopic (exact) mass is 294 g/mol. The van der Waals surface area contributed by atoms with E-state index in [1.165, 1.54) is 0 Å². The van der Waals surface area contributed by atoms with Crippen LogP contribution in [0, 0.1) is 5.82 Å². The minimum Gasteiger partial charge on any atom is -0.308 e. The lowest BCUT2D eigenvalue weighted by Gasteiger charge is -2.35. The molecule has 0 saturated carbocycles. The van der Waals surface area contributed by atoms with Crippen molar-refractivity contribution in [2.24, 2.45) is 0 Å². The van der Waals surface area contributed by atoms with Crippen LogP contribution >= 0.6 is 0 Å². The van der Waals surface area contributed by atoms with Crippen molar-refractivity contribution in [2.75, 3.05) is 7.05 Å². The van der Waals surface area contributed by atoms with Crippen LogP contribution in [0.3, 0.4) is 0 Å². The van der Waals surface area contributed by atoms with Crippen molar-refractivity contribution in [3.8, 4) is 0 Å². The van der Waals surface area contributed by atoms with E-state index in [0.717, 1.165) is 24.1 Å². The maximum absolute atomic E-state index is 14.0. The molecule has 120 valence electrons. The number of nitrogens with one attached hydrogen (secondary N) is 1. The van der Waals surface area contributed by atoms with Gasteiger partial charge in [-0.1, -0.05) is 19.1 Å². The Labute approximate surface area is 129 Å². The summed E-state index contributed by atoms with van der Waals surface area (Å²) in [4.78, 5) is 2.21. The van der Waals surface area contributed by atoms with Crippen LogP contribution in [0.15, 0.2) is 18.2 Å². The van der Waals surface area contributed by atoms with Gasteiger partial charge in [-0.25, -0.2) is 4.39 Å². The molecule has 0 bridgehead atoms. The van der Waals surface area contributed by atoms with Crippen LogP contribution in [0.25, 0.3) is 0 Å². The lowest BCUT2D eigenvalue weighted by atomic mass is 9.98. The van der Waals surface area contributed by atoms with E-state index in [2.05, 4.69) is 58.8 Å². The molecule has 0 fully saturated rings. The first-order chi connectivity index (χ1) is 9.55. The zero-order chi connectivity index (χ0) is 16.3. The fourth-order valence-corrected chi connectivity index (χ4v) is 1.97. The maximum Gasteiger partial charge on any atom is 0.127 e. The van der Waals surface area contributed by atoms with Crippen molar-refractivity contribution in [2.45, 2.75) is 72.1 Å². The van der Waals surface area contributed by atoms with E-state index in [-0.39, 0.29) is 16.9 Å². The first-order valence-corrected chi connectivity index (χ1v) is 7.79. The van der Waals surface area contributed by atoms with Gasteiger partial charge in [-0.05, 0) is 59.7 Å². The van der Waals surface area contributed by atoms with Gasteiger partial charge in [0.15, 0.2) is 0 Å². The predicted molar refractivity (Wildman–Crippen MR) is 88.8 cm³/mol. The van der Waals surface area contributed by atoms with E-state index in [0.29, 0.717) is 6.54 Å². The number of halogens is 1. The molecule has 0 atom stereocenters. The van der Waals surface area contributed by atoms with Gasteiger partial charge in [0, 0.05) is 29.7 Å². The molecule has 0 aromatic heterocycles. The first-order valence-electron chi connectivity index (χ1n) is 7.79. The molecule has 0 amide bonds. The molecule has 0 spiro atoms. The van der Waals surface area contributed by atoms with Gasteiger partial charge >= 0.3 is 0 Å². The summed E-state index contributed by atoms with van der Waals surface area (Å²) in [5.74, 6) is -0.117. The van der Waals surface area contributed by atoms with Crippen molar-refractivity contribution in [1.82, 2.24) is 10.2 Å². The third-order valence-electron chi connectivity index (χ3n) is 4.24. The first kappa shape index (κ1) is 18.1. The third-order valence-corrected chi connectivity index (χ3v) is 4.24. The second-order valence-corrected chi connectivity index (χ2v) is 7.55. The minimum atomic E-state index is -0.117. The Morgan fingerprint density at radius 3 is 2.29 bits per heavy atom. The zero-order valence-corrected chi connectivity index (χ0v) is 14.7. The summed E-state index contributed by atoms with van der Waals surface area (Å²) in [6, 6.07) is 5.43. The number of rotatable bonds is 6. The van der Waals surface area contributed by atoms with Crippen LogP contribution in [0.5, 0.6) is 0 Å². The molecular formula is C18H31FN2. The molecule has 0 unspecified atom stereocenters. The Morgan fingerprint density at radius 1 is 1.14 bits per heavy atom. The molecule has 21 heavy (non-hydrogen) atoms. The Bertz CT molecular complexity index is 461. The van der Waals surface area contributed by atoms with Crippen molar-refractivity contribution < 1.29 is 4.39 Å². The van der Waals surface area contributed by atoms with Crippen LogP contribution in [-0.4, -0.2) is 23.0 Å². The highest BCUT2D eigenvalue weighted by atomic mass is 19.1. The molecule has 1 rings (SSSR count). The minimum absolute atomic E-state index is 0.0650. The van der Waals surface area contributed by atoms with Gasteiger partial charge in [0.2, 0.25) is 0 Å². The summed E-state index contributed by atoms with van der Waals surface area (Å²) >= 11 is 0. The van der Waals surface area contributed by atoms with Crippen LogP contribution < -0.4 is 5.32 Å². The number of hydrogen-bond acceptors (Lipinski definition) is 2. The SMILES string of the molecule is CCC(C)(C)N(C)Cc1cc(CNC(C)(C)C)ccc1F. The Balaban J connectivity index is 2.83. The molecule has 0 saturated heterocycles. The van der Waals surface area contributed by atoms with Gasteiger partial charge < -0.3 is 5.32 Å². The molecule has 0 heterocycles. The zero-order valence-electron chi connectivity index (χ0n) is 14.7. The Morgan fingerprint density at radius 2 is 1.76 bits per heavy atom. The Kier molecular flexibility index (Phi) is 5.94. The van der Waals surface area contributed by atoms with Crippen LogP contribution in [0.1, 0.15) is 59.1 Å². The van der Waals surface area contributed by atoms with Gasteiger partial charge in [-0.15, -0.1) is 0 Å². The van der Waals surface area contributed by atoms with E-state index in [9.17, 15) is 4.39 Å². The lowest BCUT2D eigenvalue weighted by molar-refractivity contribution is 0.141. The molecule has 3 heteroatoms. The van der Waals surface area contributed by atoms with E-state index in [1.54, 1.807) is 6.07 Å². The van der Waals surface area contributed by atoms with Crippen LogP contribution in [0.2, 0.25) is 0 Å². The molecule has 0 aliphatic carbocycles. The van der Waals surface area contributed by atoms with Gasteiger partial charge in [-0.3, -0.25) is 4.90 Å². The summed E-state index contributed by atoms with van der Waals surface area (Å²) in [5, 5.41) is 3.44. The highest BCUT2D eigenvalue weighted by Crippen LogP contribution is 2.21. The van der Waals surface area contributed by atoms with E-state index in [4.69, 9.17) is 0 Å². The highest BCUT2D eigenvalue weighted by Gasteiger charge is 2.22.